The highest BCUT2D eigenvalue weighted by Crippen LogP contribution is 2.10. The fourth-order valence-electron chi connectivity index (χ4n) is 1.40. The first-order valence-electron chi connectivity index (χ1n) is 5.78. The lowest BCUT2D eigenvalue weighted by molar-refractivity contribution is -0.140. The van der Waals surface area contributed by atoms with Crippen molar-refractivity contribution in [3.63, 3.8) is 0 Å². The molecule has 1 aromatic heterocycles. The molecule has 0 aliphatic carbocycles. The van der Waals surface area contributed by atoms with Gasteiger partial charge in [-0.25, -0.2) is 4.98 Å². The minimum atomic E-state index is -0.908. The molecule has 0 saturated carbocycles. The van der Waals surface area contributed by atoms with E-state index in [1.165, 1.54) is 6.20 Å². The Morgan fingerprint density at radius 3 is 2.67 bits per heavy atom. The van der Waals surface area contributed by atoms with Crippen LogP contribution in [0.3, 0.4) is 0 Å². The van der Waals surface area contributed by atoms with Crippen molar-refractivity contribution in [3.05, 3.63) is 22.7 Å². The quantitative estimate of drug-likeness (QED) is 0.840. The first-order chi connectivity index (χ1) is 8.23. The van der Waals surface area contributed by atoms with E-state index in [-0.39, 0.29) is 23.5 Å². The molecule has 1 rings (SSSR count). The Morgan fingerprint density at radius 2 is 2.17 bits per heavy atom. The molecule has 0 spiro atoms. The van der Waals surface area contributed by atoms with Crippen LogP contribution in [0.2, 0.25) is 0 Å². The van der Waals surface area contributed by atoms with Crippen molar-refractivity contribution < 1.29 is 9.90 Å². The van der Waals surface area contributed by atoms with Gasteiger partial charge in [0.2, 0.25) is 0 Å². The fourth-order valence-corrected chi connectivity index (χ4v) is 1.40. The minimum Gasteiger partial charge on any atom is -0.481 e. The van der Waals surface area contributed by atoms with Gasteiger partial charge in [0.25, 0.3) is 5.56 Å². The van der Waals surface area contributed by atoms with Crippen LogP contribution >= 0.6 is 0 Å². The second-order valence-electron chi connectivity index (χ2n) is 5.24. The molecule has 0 bridgehead atoms. The van der Waals surface area contributed by atoms with Gasteiger partial charge in [-0.3, -0.25) is 9.59 Å². The van der Waals surface area contributed by atoms with Gasteiger partial charge in [0.05, 0.1) is 5.92 Å². The van der Waals surface area contributed by atoms with Crippen molar-refractivity contribution in [1.29, 1.82) is 0 Å². The van der Waals surface area contributed by atoms with Gasteiger partial charge in [-0.15, -0.1) is 0 Å². The van der Waals surface area contributed by atoms with Crippen LogP contribution in [0, 0.1) is 5.92 Å². The third-order valence-electron chi connectivity index (χ3n) is 2.56. The lowest BCUT2D eigenvalue weighted by Crippen LogP contribution is -2.35. The topological polar surface area (TPSA) is 84.2 Å². The van der Waals surface area contributed by atoms with E-state index >= 15 is 0 Å². The number of hydrogen-bond acceptors (Lipinski definition) is 4. The van der Waals surface area contributed by atoms with Gasteiger partial charge in [-0.1, -0.05) is 6.92 Å². The summed E-state index contributed by atoms with van der Waals surface area (Å²) < 4.78 is 1.56. The standard InChI is InChI=1S/C12H19N3O3/c1-8(11(17)18)7-14-9-10(16)15(6-5-13-9)12(2,3)4/h5-6,8H,7H2,1-4H3,(H,13,14)(H,17,18). The normalized spacial score (nSPS) is 13.1. The van der Waals surface area contributed by atoms with Crippen LogP contribution in [0.4, 0.5) is 5.82 Å². The highest BCUT2D eigenvalue weighted by molar-refractivity contribution is 5.70. The summed E-state index contributed by atoms with van der Waals surface area (Å²) in [7, 11) is 0. The first kappa shape index (κ1) is 14.2. The fraction of sp³-hybridized carbons (Fsp3) is 0.583. The summed E-state index contributed by atoms with van der Waals surface area (Å²) in [5.74, 6) is -1.30. The molecule has 0 radical (unpaired) electrons. The number of carboxylic acids is 1. The van der Waals surface area contributed by atoms with Crippen LogP contribution in [0.15, 0.2) is 17.2 Å². The first-order valence-corrected chi connectivity index (χ1v) is 5.78. The van der Waals surface area contributed by atoms with Crippen molar-refractivity contribution >= 4 is 11.8 Å². The van der Waals surface area contributed by atoms with Crippen LogP contribution in [0.25, 0.3) is 0 Å². The molecule has 0 aromatic carbocycles. The lowest BCUT2D eigenvalue weighted by atomic mass is 10.1. The summed E-state index contributed by atoms with van der Waals surface area (Å²) in [5, 5.41) is 11.6. The van der Waals surface area contributed by atoms with E-state index in [9.17, 15) is 9.59 Å². The summed E-state index contributed by atoms with van der Waals surface area (Å²) in [6.45, 7) is 7.49. The Morgan fingerprint density at radius 1 is 1.56 bits per heavy atom. The number of hydrogen-bond donors (Lipinski definition) is 2. The van der Waals surface area contributed by atoms with Gasteiger partial charge in [0.15, 0.2) is 5.82 Å². The van der Waals surface area contributed by atoms with Crippen LogP contribution in [0.1, 0.15) is 27.7 Å². The van der Waals surface area contributed by atoms with E-state index in [0.717, 1.165) is 0 Å². The van der Waals surface area contributed by atoms with Gasteiger partial charge in [0.1, 0.15) is 0 Å². The van der Waals surface area contributed by atoms with Crippen molar-refractivity contribution in [2.75, 3.05) is 11.9 Å². The molecule has 18 heavy (non-hydrogen) atoms. The SMILES string of the molecule is CC(CNc1nccn(C(C)(C)C)c1=O)C(=O)O. The van der Waals surface area contributed by atoms with Crippen LogP contribution in [-0.4, -0.2) is 27.2 Å². The van der Waals surface area contributed by atoms with E-state index in [1.807, 2.05) is 20.8 Å². The van der Waals surface area contributed by atoms with E-state index in [4.69, 9.17) is 5.11 Å². The summed E-state index contributed by atoms with van der Waals surface area (Å²) in [6.07, 6.45) is 3.15. The van der Waals surface area contributed by atoms with Gasteiger partial charge in [-0.05, 0) is 20.8 Å². The molecule has 100 valence electrons. The Hall–Kier alpha value is -1.85. The number of carbonyl (C=O) groups is 1. The predicted octanol–water partition coefficient (Wildman–Crippen LogP) is 1.13. The van der Waals surface area contributed by atoms with Crippen molar-refractivity contribution in [1.82, 2.24) is 9.55 Å². The van der Waals surface area contributed by atoms with Crippen LogP contribution in [0.5, 0.6) is 0 Å². The molecule has 1 heterocycles. The molecule has 1 aromatic rings. The zero-order chi connectivity index (χ0) is 13.9. The highest BCUT2D eigenvalue weighted by Gasteiger charge is 2.17. The minimum absolute atomic E-state index is 0.172. The molecular weight excluding hydrogens is 234 g/mol. The second-order valence-corrected chi connectivity index (χ2v) is 5.24. The largest absolute Gasteiger partial charge is 0.481 e. The van der Waals surface area contributed by atoms with Crippen molar-refractivity contribution in [2.45, 2.75) is 33.2 Å². The molecule has 0 saturated heterocycles. The summed E-state index contributed by atoms with van der Waals surface area (Å²) in [4.78, 5) is 26.7. The molecule has 0 amide bonds. The molecule has 6 nitrogen and oxygen atoms in total. The maximum absolute atomic E-state index is 12.1. The number of rotatable bonds is 4. The maximum atomic E-state index is 12.1. The monoisotopic (exact) mass is 253 g/mol. The lowest BCUT2D eigenvalue weighted by Gasteiger charge is -2.22. The third kappa shape index (κ3) is 3.32. The third-order valence-corrected chi connectivity index (χ3v) is 2.56. The molecule has 6 heteroatoms. The predicted molar refractivity (Wildman–Crippen MR) is 68.8 cm³/mol. The van der Waals surface area contributed by atoms with Crippen molar-refractivity contribution in [2.24, 2.45) is 5.92 Å². The van der Waals surface area contributed by atoms with Gasteiger partial charge in [-0.2, -0.15) is 0 Å². The average Bonchev–Trinajstić information content (AvgIpc) is 2.25. The number of anilines is 1. The summed E-state index contributed by atoms with van der Waals surface area (Å²) >= 11 is 0. The zero-order valence-electron chi connectivity index (χ0n) is 11.1. The zero-order valence-corrected chi connectivity index (χ0v) is 11.1. The Balaban J connectivity index is 2.92. The molecule has 2 N–H and O–H groups in total. The molecule has 1 atom stereocenters. The highest BCUT2D eigenvalue weighted by atomic mass is 16.4. The van der Waals surface area contributed by atoms with E-state index in [0.29, 0.717) is 0 Å². The number of nitrogens with zero attached hydrogens (tertiary/aromatic N) is 2. The Bertz CT molecular complexity index is 488. The Kier molecular flexibility index (Phi) is 4.11. The van der Waals surface area contributed by atoms with Crippen LogP contribution in [-0.2, 0) is 10.3 Å². The van der Waals surface area contributed by atoms with E-state index in [2.05, 4.69) is 10.3 Å². The average molecular weight is 253 g/mol. The number of aromatic nitrogens is 2. The van der Waals surface area contributed by atoms with E-state index in [1.54, 1.807) is 17.7 Å². The molecule has 0 aliphatic heterocycles. The Labute approximate surface area is 106 Å². The van der Waals surface area contributed by atoms with Crippen LogP contribution < -0.4 is 10.9 Å². The number of aliphatic carboxylic acids is 1. The second kappa shape index (κ2) is 5.20. The van der Waals surface area contributed by atoms with Gasteiger partial charge < -0.3 is 15.0 Å². The van der Waals surface area contributed by atoms with Gasteiger partial charge >= 0.3 is 5.97 Å². The molecule has 0 aliphatic rings. The summed E-state index contributed by atoms with van der Waals surface area (Å²) in [5.41, 5.74) is -0.586. The summed E-state index contributed by atoms with van der Waals surface area (Å²) in [6, 6.07) is 0. The number of nitrogens with one attached hydrogen (secondary N) is 1. The molecular formula is C12H19N3O3. The molecule has 0 fully saturated rings. The van der Waals surface area contributed by atoms with Gasteiger partial charge in [0, 0.05) is 24.5 Å². The smallest absolute Gasteiger partial charge is 0.308 e. The number of carboxylic acid groups (broad SMARTS) is 1. The molecule has 1 unspecified atom stereocenters. The van der Waals surface area contributed by atoms with Crippen molar-refractivity contribution in [3.8, 4) is 0 Å². The van der Waals surface area contributed by atoms with E-state index < -0.39 is 11.9 Å². The maximum Gasteiger partial charge on any atom is 0.308 e.